The van der Waals surface area contributed by atoms with Gasteiger partial charge >= 0.3 is 0 Å². The molecular formula is C43H56ClN11O9S. The van der Waals surface area contributed by atoms with Gasteiger partial charge in [-0.2, -0.15) is 5.10 Å². The van der Waals surface area contributed by atoms with Gasteiger partial charge in [0.2, 0.25) is 17.7 Å². The van der Waals surface area contributed by atoms with Crippen LogP contribution >= 0.6 is 23.4 Å². The van der Waals surface area contributed by atoms with Crippen LogP contribution in [0.3, 0.4) is 0 Å². The molecule has 2 fully saturated rings. The van der Waals surface area contributed by atoms with E-state index in [0.29, 0.717) is 95.7 Å². The maximum Gasteiger partial charge on any atom is 0.277 e. The summed E-state index contributed by atoms with van der Waals surface area (Å²) in [6.07, 6.45) is 5.23. The third-order valence-electron chi connectivity index (χ3n) is 10.6. The summed E-state index contributed by atoms with van der Waals surface area (Å²) < 4.78 is 23.4. The molecule has 4 aromatic rings. The van der Waals surface area contributed by atoms with E-state index in [1.165, 1.54) is 18.0 Å². The van der Waals surface area contributed by atoms with Gasteiger partial charge in [-0.25, -0.2) is 14.6 Å². The molecule has 65 heavy (non-hydrogen) atoms. The largest absolute Gasteiger partial charge is 0.382 e. The molecule has 8 N–H and O–H groups in total. The molecule has 22 heteroatoms. The highest BCUT2D eigenvalue weighted by Crippen LogP contribution is 2.39. The number of imide groups is 1. The van der Waals surface area contributed by atoms with Crippen LogP contribution in [0.4, 0.5) is 23.0 Å². The number of nitrogens with two attached hydrogens (primary N) is 2. The number of nitrogens with one attached hydrogen (secondary N) is 4. The lowest BCUT2D eigenvalue weighted by molar-refractivity contribution is -0.136. The molecule has 0 radical (unpaired) electrons. The van der Waals surface area contributed by atoms with Crippen molar-refractivity contribution in [2.75, 3.05) is 100 Å². The van der Waals surface area contributed by atoms with Gasteiger partial charge in [-0.1, -0.05) is 41.6 Å². The van der Waals surface area contributed by atoms with Crippen LogP contribution < -0.4 is 43.2 Å². The van der Waals surface area contributed by atoms with E-state index in [1.54, 1.807) is 42.6 Å². The fourth-order valence-electron chi connectivity index (χ4n) is 6.95. The zero-order chi connectivity index (χ0) is 46.2. The molecule has 1 unspecified atom stereocenters. The van der Waals surface area contributed by atoms with Gasteiger partial charge in [-0.05, 0) is 44.4 Å². The predicted octanol–water partition coefficient (Wildman–Crippen LogP) is 2.88. The van der Waals surface area contributed by atoms with Crippen molar-refractivity contribution in [3.05, 3.63) is 64.2 Å². The summed E-state index contributed by atoms with van der Waals surface area (Å²) in [7, 11) is 0. The standard InChI is InChI=1S/C43H56ClN11O9S/c1-43(46)12-16-54(17-13-43)33-27-49-41(39(45)52-33)65-32-7-3-6-30(38(32)44)51-35(57)11-10-34(56)48-15-19-62-21-23-64-25-24-63-22-20-61-18-14-47-29-5-2-4-28-26-50-55(42(60)37(28)29)31-8-9-36(58)53-40(31)59/h2-7,26-27,31,47H,8-25,46H2,1H3,(H2,45,52)(H,48,56)(H,51,57)(H,53,58,59). The molecule has 0 bridgehead atoms. The number of carbonyl (C=O) groups excluding carboxylic acids is 4. The molecule has 4 heterocycles. The molecule has 2 aromatic carbocycles. The van der Waals surface area contributed by atoms with Gasteiger partial charge in [0.05, 0.1) is 81.3 Å². The lowest BCUT2D eigenvalue weighted by atomic mass is 9.91. The minimum atomic E-state index is -0.846. The number of hydrogen-bond acceptors (Lipinski definition) is 17. The second-order valence-electron chi connectivity index (χ2n) is 15.7. The zero-order valence-electron chi connectivity index (χ0n) is 36.3. The predicted molar refractivity (Wildman–Crippen MR) is 246 cm³/mol. The van der Waals surface area contributed by atoms with Gasteiger partial charge in [0.15, 0.2) is 5.82 Å². The van der Waals surface area contributed by atoms with Crippen LogP contribution in [-0.2, 0) is 38.1 Å². The normalized spacial score (nSPS) is 16.0. The second-order valence-corrected chi connectivity index (χ2v) is 17.1. The molecule has 0 aliphatic carbocycles. The van der Waals surface area contributed by atoms with Crippen molar-refractivity contribution in [2.24, 2.45) is 5.73 Å². The molecule has 2 aliphatic rings. The van der Waals surface area contributed by atoms with E-state index in [9.17, 15) is 24.0 Å². The Kier molecular flexibility index (Phi) is 18.3. The quantitative estimate of drug-likeness (QED) is 0.0436. The summed E-state index contributed by atoms with van der Waals surface area (Å²) in [6, 6.07) is 9.75. The summed E-state index contributed by atoms with van der Waals surface area (Å²) in [4.78, 5) is 74.1. The highest BCUT2D eigenvalue weighted by molar-refractivity contribution is 7.99. The summed E-state index contributed by atoms with van der Waals surface area (Å²) >= 11 is 7.90. The van der Waals surface area contributed by atoms with Gasteiger partial charge in [-0.15, -0.1) is 0 Å². The number of piperidine rings is 2. The lowest BCUT2D eigenvalue weighted by Gasteiger charge is -2.37. The molecule has 350 valence electrons. The molecule has 6 rings (SSSR count). The third kappa shape index (κ3) is 14.5. The maximum atomic E-state index is 13.3. The third-order valence-corrected chi connectivity index (χ3v) is 12.2. The van der Waals surface area contributed by atoms with Crippen LogP contribution in [0.1, 0.15) is 51.5 Å². The Morgan fingerprint density at radius 2 is 1.54 bits per heavy atom. The van der Waals surface area contributed by atoms with Crippen molar-refractivity contribution in [2.45, 2.75) is 67.0 Å². The molecule has 0 spiro atoms. The number of hydrogen-bond donors (Lipinski definition) is 6. The Balaban J connectivity index is 0.759. The van der Waals surface area contributed by atoms with Crippen LogP contribution in [0.15, 0.2) is 63.5 Å². The number of nitrogen functional groups attached to an aromatic ring is 1. The first-order chi connectivity index (χ1) is 31.4. The number of anilines is 4. The van der Waals surface area contributed by atoms with Crippen LogP contribution in [0, 0.1) is 0 Å². The fraction of sp³-hybridized carbons (Fsp3) is 0.488. The van der Waals surface area contributed by atoms with Crippen molar-refractivity contribution in [3.8, 4) is 0 Å². The molecule has 2 aliphatic heterocycles. The number of fused-ring (bicyclic) bond motifs is 1. The van der Waals surface area contributed by atoms with E-state index < -0.39 is 17.5 Å². The summed E-state index contributed by atoms with van der Waals surface area (Å²) in [5.74, 6) is -0.568. The van der Waals surface area contributed by atoms with Gasteiger partial charge in [0.25, 0.3) is 11.5 Å². The Morgan fingerprint density at radius 3 is 2.23 bits per heavy atom. The maximum absolute atomic E-state index is 13.3. The zero-order valence-corrected chi connectivity index (χ0v) is 37.8. The smallest absolute Gasteiger partial charge is 0.277 e. The van der Waals surface area contributed by atoms with Crippen LogP contribution in [-0.4, -0.2) is 128 Å². The molecule has 1 atom stereocenters. The van der Waals surface area contributed by atoms with Crippen molar-refractivity contribution in [3.63, 3.8) is 0 Å². The number of amides is 4. The van der Waals surface area contributed by atoms with Gasteiger partial charge in [0.1, 0.15) is 16.9 Å². The summed E-state index contributed by atoms with van der Waals surface area (Å²) in [6.45, 7) is 7.13. The molecule has 0 saturated carbocycles. The van der Waals surface area contributed by atoms with E-state index in [1.807, 2.05) is 0 Å². The number of ether oxygens (including phenoxy) is 4. The first kappa shape index (κ1) is 49.0. The number of halogens is 1. The van der Waals surface area contributed by atoms with E-state index in [0.717, 1.165) is 30.6 Å². The van der Waals surface area contributed by atoms with Crippen LogP contribution in [0.25, 0.3) is 10.8 Å². The van der Waals surface area contributed by atoms with Crippen molar-refractivity contribution in [1.29, 1.82) is 0 Å². The Labute approximate surface area is 385 Å². The Hall–Kier alpha value is -5.42. The highest BCUT2D eigenvalue weighted by Gasteiger charge is 2.30. The summed E-state index contributed by atoms with van der Waals surface area (Å²) in [5, 5.41) is 17.0. The highest BCUT2D eigenvalue weighted by atomic mass is 35.5. The fourth-order valence-corrected chi connectivity index (χ4v) is 8.05. The van der Waals surface area contributed by atoms with Crippen molar-refractivity contribution < 1.29 is 38.1 Å². The van der Waals surface area contributed by atoms with Gasteiger partial charge in [0, 0.05) is 66.9 Å². The number of aromatic nitrogens is 4. The lowest BCUT2D eigenvalue weighted by Crippen LogP contribution is -2.48. The minimum Gasteiger partial charge on any atom is -0.382 e. The SMILES string of the molecule is CC1(N)CCN(c2cnc(Sc3cccc(NC(=O)CCC(=O)NCCOCCOCCOCCOCCNc4cccc5cnn(C6CCC(=O)NC6=O)c(=O)c45)c3Cl)c(N)n2)CC1. The van der Waals surface area contributed by atoms with Crippen molar-refractivity contribution in [1.82, 2.24) is 30.4 Å². The average Bonchev–Trinajstić information content (AvgIpc) is 3.28. The first-order valence-electron chi connectivity index (χ1n) is 21.5. The average molecular weight is 939 g/mol. The second kappa shape index (κ2) is 24.2. The van der Waals surface area contributed by atoms with Crippen molar-refractivity contribution >= 4 is 80.8 Å². The Morgan fingerprint density at radius 1 is 0.892 bits per heavy atom. The monoisotopic (exact) mass is 937 g/mol. The van der Waals surface area contributed by atoms with E-state index in [-0.39, 0.29) is 67.9 Å². The number of nitrogens with zero attached hydrogens (tertiary/aromatic N) is 5. The first-order valence-corrected chi connectivity index (χ1v) is 22.7. The summed E-state index contributed by atoms with van der Waals surface area (Å²) in [5.41, 5.74) is 12.9. The number of carbonyl (C=O) groups is 4. The van der Waals surface area contributed by atoms with E-state index in [4.69, 9.17) is 42.0 Å². The minimum absolute atomic E-state index is 0.00878. The molecular weight excluding hydrogens is 882 g/mol. The molecule has 20 nitrogen and oxygen atoms in total. The Bertz CT molecular complexity index is 2340. The molecule has 2 saturated heterocycles. The van der Waals surface area contributed by atoms with Gasteiger partial charge in [-0.3, -0.25) is 29.3 Å². The number of rotatable bonds is 24. The topological polar surface area (TPSA) is 269 Å². The molecule has 4 amide bonds. The number of benzene rings is 2. The van der Waals surface area contributed by atoms with Crippen LogP contribution in [0.5, 0.6) is 0 Å². The van der Waals surface area contributed by atoms with E-state index >= 15 is 0 Å². The molecule has 2 aromatic heterocycles. The van der Waals surface area contributed by atoms with Gasteiger partial charge < -0.3 is 51.3 Å². The van der Waals surface area contributed by atoms with Crippen LogP contribution in [0.2, 0.25) is 5.02 Å². The van der Waals surface area contributed by atoms with E-state index in [2.05, 4.69) is 48.2 Å².